The highest BCUT2D eigenvalue weighted by Gasteiger charge is 2.30. The van der Waals surface area contributed by atoms with E-state index in [0.717, 1.165) is 23.5 Å². The third-order valence-electron chi connectivity index (χ3n) is 5.24. The van der Waals surface area contributed by atoms with Crippen molar-refractivity contribution in [2.75, 3.05) is 31.6 Å². The Morgan fingerprint density at radius 1 is 1.24 bits per heavy atom. The third-order valence-corrected chi connectivity index (χ3v) is 6.44. The SMILES string of the molecule is Cc1c(C(=O)Nc2cccc(C(F)(F)F)c2)sc2ncn(CC(=O)N3CCOCC3)c(=O)c12. The van der Waals surface area contributed by atoms with Gasteiger partial charge < -0.3 is 15.0 Å². The number of ether oxygens (including phenoxy) is 1. The second-order valence-corrected chi connectivity index (χ2v) is 8.44. The highest BCUT2D eigenvalue weighted by molar-refractivity contribution is 7.20. The van der Waals surface area contributed by atoms with Gasteiger partial charge in [-0.1, -0.05) is 6.07 Å². The molecule has 1 aliphatic rings. The number of hydrogen-bond donors (Lipinski definition) is 1. The normalized spacial score (nSPS) is 14.5. The molecule has 33 heavy (non-hydrogen) atoms. The summed E-state index contributed by atoms with van der Waals surface area (Å²) >= 11 is 0.960. The van der Waals surface area contributed by atoms with Gasteiger partial charge in [0.1, 0.15) is 11.4 Å². The van der Waals surface area contributed by atoms with Crippen molar-refractivity contribution in [1.29, 1.82) is 0 Å². The molecule has 174 valence electrons. The molecule has 0 spiro atoms. The Balaban J connectivity index is 1.59. The van der Waals surface area contributed by atoms with Crippen LogP contribution in [0.2, 0.25) is 0 Å². The fraction of sp³-hybridized carbons (Fsp3) is 0.333. The van der Waals surface area contributed by atoms with Gasteiger partial charge in [0.2, 0.25) is 5.91 Å². The second-order valence-electron chi connectivity index (χ2n) is 7.44. The number of nitrogens with zero attached hydrogens (tertiary/aromatic N) is 3. The molecule has 3 aromatic rings. The molecule has 8 nitrogen and oxygen atoms in total. The fourth-order valence-corrected chi connectivity index (χ4v) is 4.54. The van der Waals surface area contributed by atoms with Crippen molar-refractivity contribution in [3.63, 3.8) is 0 Å². The number of thiophene rings is 1. The largest absolute Gasteiger partial charge is 0.416 e. The lowest BCUT2D eigenvalue weighted by Gasteiger charge is -2.26. The van der Waals surface area contributed by atoms with Gasteiger partial charge in [0.05, 0.1) is 35.4 Å². The average Bonchev–Trinajstić information content (AvgIpc) is 3.13. The van der Waals surface area contributed by atoms with Gasteiger partial charge in [-0.05, 0) is 30.7 Å². The van der Waals surface area contributed by atoms with Crippen LogP contribution in [0, 0.1) is 6.92 Å². The van der Waals surface area contributed by atoms with Crippen molar-refractivity contribution in [3.05, 3.63) is 57.0 Å². The van der Waals surface area contributed by atoms with Gasteiger partial charge >= 0.3 is 6.18 Å². The first-order valence-corrected chi connectivity index (χ1v) is 10.8. The Morgan fingerprint density at radius 3 is 2.67 bits per heavy atom. The number of benzene rings is 1. The van der Waals surface area contributed by atoms with Crippen LogP contribution < -0.4 is 10.9 Å². The number of aryl methyl sites for hydroxylation is 1. The maximum Gasteiger partial charge on any atom is 0.416 e. The van der Waals surface area contributed by atoms with Gasteiger partial charge in [0.15, 0.2) is 0 Å². The van der Waals surface area contributed by atoms with Gasteiger partial charge in [0, 0.05) is 18.8 Å². The summed E-state index contributed by atoms with van der Waals surface area (Å²) in [6.07, 6.45) is -3.28. The second kappa shape index (κ2) is 8.94. The maximum absolute atomic E-state index is 13.0. The lowest BCUT2D eigenvalue weighted by molar-refractivity contribution is -0.137. The molecule has 1 aliphatic heterocycles. The molecule has 1 N–H and O–H groups in total. The van der Waals surface area contributed by atoms with E-state index >= 15 is 0 Å². The molecular weight excluding hydrogens is 461 g/mol. The predicted octanol–water partition coefficient (Wildman–Crippen LogP) is 2.90. The topological polar surface area (TPSA) is 93.5 Å². The van der Waals surface area contributed by atoms with Crippen LogP contribution in [0.1, 0.15) is 20.8 Å². The molecule has 0 radical (unpaired) electrons. The van der Waals surface area contributed by atoms with Crippen LogP contribution >= 0.6 is 11.3 Å². The molecule has 0 aliphatic carbocycles. The zero-order valence-electron chi connectivity index (χ0n) is 17.4. The van der Waals surface area contributed by atoms with Crippen LogP contribution in [-0.4, -0.2) is 52.6 Å². The number of anilines is 1. The van der Waals surface area contributed by atoms with E-state index in [2.05, 4.69) is 10.3 Å². The summed E-state index contributed by atoms with van der Waals surface area (Å²) < 4.78 is 45.2. The van der Waals surface area contributed by atoms with Crippen LogP contribution in [0.25, 0.3) is 10.2 Å². The minimum absolute atomic E-state index is 0.0202. The van der Waals surface area contributed by atoms with Crippen LogP contribution in [-0.2, 0) is 22.3 Å². The predicted molar refractivity (Wildman–Crippen MR) is 115 cm³/mol. The summed E-state index contributed by atoms with van der Waals surface area (Å²) in [6.45, 7) is 3.14. The van der Waals surface area contributed by atoms with E-state index in [-0.39, 0.29) is 28.4 Å². The molecule has 12 heteroatoms. The van der Waals surface area contributed by atoms with Crippen LogP contribution in [0.3, 0.4) is 0 Å². The van der Waals surface area contributed by atoms with Crippen molar-refractivity contribution >= 4 is 39.1 Å². The first kappa shape index (κ1) is 22.9. The quantitative estimate of drug-likeness (QED) is 0.620. The van der Waals surface area contributed by atoms with Gasteiger partial charge in [-0.25, -0.2) is 4.98 Å². The zero-order valence-corrected chi connectivity index (χ0v) is 18.3. The Bertz CT molecular complexity index is 1280. The summed E-state index contributed by atoms with van der Waals surface area (Å²) in [7, 11) is 0. The summed E-state index contributed by atoms with van der Waals surface area (Å²) in [5.41, 5.74) is -1.02. The Morgan fingerprint density at radius 2 is 1.97 bits per heavy atom. The number of hydrogen-bond acceptors (Lipinski definition) is 6. The fourth-order valence-electron chi connectivity index (χ4n) is 3.51. The zero-order chi connectivity index (χ0) is 23.8. The molecule has 0 bridgehead atoms. The Kier molecular flexibility index (Phi) is 6.21. The van der Waals surface area contributed by atoms with E-state index in [1.54, 1.807) is 11.8 Å². The summed E-state index contributed by atoms with van der Waals surface area (Å²) in [4.78, 5) is 44.5. The molecule has 3 heterocycles. The summed E-state index contributed by atoms with van der Waals surface area (Å²) in [5.74, 6) is -0.887. The lowest BCUT2D eigenvalue weighted by atomic mass is 10.1. The number of halogens is 3. The highest BCUT2D eigenvalue weighted by atomic mass is 32.1. The molecule has 4 rings (SSSR count). The number of carbonyl (C=O) groups excluding carboxylic acids is 2. The molecule has 1 saturated heterocycles. The maximum atomic E-state index is 13.0. The standard InChI is InChI=1S/C21H19F3N4O4S/c1-12-16-19(25-11-28(20(16)31)10-15(29)27-5-7-32-8-6-27)33-17(12)18(30)26-14-4-2-3-13(9-14)21(22,23)24/h2-4,9,11H,5-8,10H2,1H3,(H,26,30). The van der Waals surface area contributed by atoms with Crippen LogP contribution in [0.5, 0.6) is 0 Å². The number of nitrogens with one attached hydrogen (secondary N) is 1. The number of aromatic nitrogens is 2. The van der Waals surface area contributed by atoms with E-state index in [1.807, 2.05) is 0 Å². The van der Waals surface area contributed by atoms with Gasteiger partial charge in [-0.2, -0.15) is 13.2 Å². The third kappa shape index (κ3) is 4.76. The first-order valence-electron chi connectivity index (χ1n) is 9.98. The van der Waals surface area contributed by atoms with Crippen molar-refractivity contribution in [1.82, 2.24) is 14.5 Å². The molecular formula is C21H19F3N4O4S. The van der Waals surface area contributed by atoms with Crippen molar-refractivity contribution in [3.8, 4) is 0 Å². The number of alkyl halides is 3. The summed E-state index contributed by atoms with van der Waals surface area (Å²) in [5, 5.41) is 2.64. The van der Waals surface area contributed by atoms with Crippen LogP contribution in [0.15, 0.2) is 35.4 Å². The van der Waals surface area contributed by atoms with E-state index in [4.69, 9.17) is 4.74 Å². The number of carbonyl (C=O) groups is 2. The van der Waals surface area contributed by atoms with Crippen molar-refractivity contribution in [2.24, 2.45) is 0 Å². The van der Waals surface area contributed by atoms with Gasteiger partial charge in [-0.3, -0.25) is 19.0 Å². The van der Waals surface area contributed by atoms with Gasteiger partial charge in [-0.15, -0.1) is 11.3 Å². The molecule has 0 unspecified atom stereocenters. The summed E-state index contributed by atoms with van der Waals surface area (Å²) in [6, 6.07) is 4.29. The molecule has 2 aromatic heterocycles. The molecule has 1 fully saturated rings. The average molecular weight is 480 g/mol. The van der Waals surface area contributed by atoms with E-state index < -0.39 is 23.2 Å². The Hall–Kier alpha value is -3.25. The smallest absolute Gasteiger partial charge is 0.378 e. The molecule has 2 amide bonds. The minimum atomic E-state index is -4.54. The molecule has 1 aromatic carbocycles. The van der Waals surface area contributed by atoms with Gasteiger partial charge in [0.25, 0.3) is 11.5 Å². The van der Waals surface area contributed by atoms with E-state index in [0.29, 0.717) is 36.7 Å². The highest BCUT2D eigenvalue weighted by Crippen LogP contribution is 2.32. The number of fused-ring (bicyclic) bond motifs is 1. The molecule has 0 saturated carbocycles. The lowest BCUT2D eigenvalue weighted by Crippen LogP contribution is -2.43. The van der Waals surface area contributed by atoms with E-state index in [9.17, 15) is 27.6 Å². The number of morpholine rings is 1. The van der Waals surface area contributed by atoms with Crippen LogP contribution in [0.4, 0.5) is 18.9 Å². The number of amides is 2. The van der Waals surface area contributed by atoms with Crippen molar-refractivity contribution in [2.45, 2.75) is 19.6 Å². The monoisotopic (exact) mass is 480 g/mol. The van der Waals surface area contributed by atoms with E-state index in [1.165, 1.54) is 23.0 Å². The minimum Gasteiger partial charge on any atom is -0.378 e. The molecule has 0 atom stereocenters. The van der Waals surface area contributed by atoms with Crippen molar-refractivity contribution < 1.29 is 27.5 Å². The number of rotatable bonds is 4. The Labute approximate surface area is 189 Å². The first-order chi connectivity index (χ1) is 15.6.